The van der Waals surface area contributed by atoms with Crippen LogP contribution in [0, 0.1) is 0 Å². The Morgan fingerprint density at radius 1 is 0.654 bits per heavy atom. The van der Waals surface area contributed by atoms with E-state index < -0.39 is 96.4 Å². The van der Waals surface area contributed by atoms with Gasteiger partial charge >= 0.3 is 12.1 Å². The third kappa shape index (κ3) is 14.5. The van der Waals surface area contributed by atoms with Gasteiger partial charge < -0.3 is 59.7 Å². The summed E-state index contributed by atoms with van der Waals surface area (Å²) in [6.07, 6.45) is -1.25. The smallest absolute Gasteiger partial charge is 0.408 e. The standard InChI is InChI=1S/C58H65N7O13/c1-35-54(69)65(5)48-30-39-20-25-43(26-21-39)78-50-32-41(22-27-49(50)75-7)31-47(64(4)56(48)71)53(68)60-36(2)57(72)76-34-45(55(70)63(3)46(52(67)59-35)29-38-18-23-42(74-6)24-19-38)61-51(66)44(28-37-14-10-8-11-15-37)62-58(73)77-33-40-16-12-9-13-17-40/h8-27,32,35-36,44-48H,28-31,33-34H2,1-7H3,(H,59,67)(H,60,68)(H,61,66)(H,62,73)/t35-,36+,44?,45-,46-,47-,48-/m0/s1. The largest absolute Gasteiger partial charge is 0.497 e. The van der Waals surface area contributed by atoms with E-state index in [4.69, 9.17) is 23.7 Å². The molecule has 0 radical (unpaired) electrons. The zero-order valence-corrected chi connectivity index (χ0v) is 44.6. The van der Waals surface area contributed by atoms with E-state index in [-0.39, 0.29) is 32.3 Å². The summed E-state index contributed by atoms with van der Waals surface area (Å²) in [5, 5.41) is 10.7. The van der Waals surface area contributed by atoms with Gasteiger partial charge in [0.15, 0.2) is 11.5 Å². The second kappa shape index (κ2) is 26.2. The van der Waals surface area contributed by atoms with Crippen molar-refractivity contribution in [3.63, 3.8) is 0 Å². The van der Waals surface area contributed by atoms with Crippen LogP contribution in [0.4, 0.5) is 4.79 Å². The lowest BCUT2D eigenvalue weighted by molar-refractivity contribution is -0.152. The van der Waals surface area contributed by atoms with E-state index in [0.29, 0.717) is 50.8 Å². The fourth-order valence-corrected chi connectivity index (χ4v) is 9.07. The molecule has 8 rings (SSSR count). The highest BCUT2D eigenvalue weighted by Gasteiger charge is 2.40. The zero-order valence-electron chi connectivity index (χ0n) is 44.6. The molecule has 410 valence electrons. The molecule has 1 unspecified atom stereocenters. The Morgan fingerprint density at radius 2 is 1.27 bits per heavy atom. The van der Waals surface area contributed by atoms with Crippen molar-refractivity contribution >= 4 is 47.5 Å². The number of ether oxygens (including phenoxy) is 5. The minimum absolute atomic E-state index is 0.0287. The van der Waals surface area contributed by atoms with Gasteiger partial charge in [0.05, 0.1) is 14.2 Å². The molecule has 78 heavy (non-hydrogen) atoms. The number of nitrogens with zero attached hydrogens (tertiary/aromatic N) is 3. The number of alkyl carbamates (subject to hydrolysis) is 1. The van der Waals surface area contributed by atoms with Crippen molar-refractivity contribution in [2.24, 2.45) is 0 Å². The molecule has 6 bridgehead atoms. The molecule has 3 heterocycles. The quantitative estimate of drug-likeness (QED) is 0.138. The summed E-state index contributed by atoms with van der Waals surface area (Å²) in [5.74, 6) is -3.96. The Labute approximate surface area is 452 Å². The molecule has 20 heteroatoms. The average Bonchev–Trinajstić information content (AvgIpc) is 3.47. The van der Waals surface area contributed by atoms with Crippen LogP contribution >= 0.6 is 0 Å². The number of carbonyl (C=O) groups is 8. The number of fused-ring (bicyclic) bond motifs is 2. The molecule has 4 N–H and O–H groups in total. The van der Waals surface area contributed by atoms with E-state index in [9.17, 15) is 28.8 Å². The molecule has 3 aliphatic rings. The van der Waals surface area contributed by atoms with Crippen LogP contribution in [-0.4, -0.2) is 146 Å². The van der Waals surface area contributed by atoms with Crippen LogP contribution in [0.2, 0.25) is 0 Å². The molecule has 1 fully saturated rings. The molecule has 0 aliphatic carbocycles. The normalized spacial score (nSPS) is 21.0. The average molecular weight is 1070 g/mol. The van der Waals surface area contributed by atoms with Gasteiger partial charge in [-0.1, -0.05) is 91.0 Å². The lowest BCUT2D eigenvalue weighted by Gasteiger charge is -2.36. The van der Waals surface area contributed by atoms with Crippen molar-refractivity contribution in [2.75, 3.05) is 42.0 Å². The highest BCUT2D eigenvalue weighted by atomic mass is 16.6. The van der Waals surface area contributed by atoms with E-state index in [2.05, 4.69) is 21.3 Å². The molecule has 7 amide bonds. The minimum Gasteiger partial charge on any atom is -0.497 e. The van der Waals surface area contributed by atoms with Crippen molar-refractivity contribution in [3.05, 3.63) is 155 Å². The molecule has 0 spiro atoms. The summed E-state index contributed by atoms with van der Waals surface area (Å²) >= 11 is 0. The van der Waals surface area contributed by atoms with E-state index in [1.54, 1.807) is 121 Å². The second-order valence-corrected chi connectivity index (χ2v) is 19.2. The Kier molecular flexibility index (Phi) is 19.1. The number of rotatable bonds is 11. The number of hydrogen-bond acceptors (Lipinski definition) is 13. The SMILES string of the molecule is COc1ccc(C[C@H]2C(=O)N[C@@H](C)C(=O)N(C)[C@H]3Cc4ccc(cc4)Oc4cc(ccc4OC)C[C@@H](C(=O)N[C@H](C)C(=O)OC[C@H](NC(=O)C(Cc4ccccc4)NC(=O)OCc4ccccc4)C(=O)N2C)N(C)C3=O)cc1. The fourth-order valence-electron chi connectivity index (χ4n) is 9.07. The fraction of sp³-hybridized carbons (Fsp3) is 0.345. The molecular formula is C58H65N7O13. The first kappa shape index (κ1) is 56.8. The maximum atomic E-state index is 15.0. The van der Waals surface area contributed by atoms with Crippen molar-refractivity contribution in [1.29, 1.82) is 0 Å². The number of benzene rings is 5. The van der Waals surface area contributed by atoms with Crippen LogP contribution in [0.25, 0.3) is 0 Å². The maximum Gasteiger partial charge on any atom is 0.408 e. The van der Waals surface area contributed by atoms with Gasteiger partial charge in [-0.3, -0.25) is 28.8 Å². The lowest BCUT2D eigenvalue weighted by atomic mass is 9.99. The first-order valence-electron chi connectivity index (χ1n) is 25.4. The highest BCUT2D eigenvalue weighted by molar-refractivity contribution is 5.98. The predicted octanol–water partition coefficient (Wildman–Crippen LogP) is 3.91. The molecule has 5 aromatic rings. The Hall–Kier alpha value is -8.94. The summed E-state index contributed by atoms with van der Waals surface area (Å²) in [7, 11) is 7.15. The van der Waals surface area contributed by atoms with Gasteiger partial charge in [0.2, 0.25) is 35.4 Å². The third-order valence-electron chi connectivity index (χ3n) is 13.7. The van der Waals surface area contributed by atoms with Crippen molar-refractivity contribution in [1.82, 2.24) is 36.0 Å². The lowest BCUT2D eigenvalue weighted by Crippen LogP contribution is -2.61. The van der Waals surface area contributed by atoms with Crippen LogP contribution < -0.4 is 35.5 Å². The van der Waals surface area contributed by atoms with Gasteiger partial charge in [0.1, 0.15) is 67.0 Å². The van der Waals surface area contributed by atoms with Gasteiger partial charge in [-0.25, -0.2) is 9.59 Å². The zero-order chi connectivity index (χ0) is 56.0. The summed E-state index contributed by atoms with van der Waals surface area (Å²) < 4.78 is 28.4. The van der Waals surface area contributed by atoms with Gasteiger partial charge in [-0.05, 0) is 78.1 Å². The monoisotopic (exact) mass is 1070 g/mol. The van der Waals surface area contributed by atoms with Crippen molar-refractivity contribution in [3.8, 4) is 23.0 Å². The number of hydrogen-bond donors (Lipinski definition) is 4. The van der Waals surface area contributed by atoms with Crippen LogP contribution in [0.1, 0.15) is 41.7 Å². The molecule has 0 saturated carbocycles. The third-order valence-corrected chi connectivity index (χ3v) is 13.7. The van der Waals surface area contributed by atoms with E-state index in [1.807, 2.05) is 6.07 Å². The number of cyclic esters (lactones) is 1. The van der Waals surface area contributed by atoms with Gasteiger partial charge in [-0.2, -0.15) is 0 Å². The molecule has 3 aliphatic heterocycles. The number of esters is 1. The van der Waals surface area contributed by atoms with Crippen LogP contribution in [-0.2, 0) is 75.3 Å². The topological polar surface area (TPSA) is 241 Å². The molecule has 0 aromatic heterocycles. The molecule has 20 nitrogen and oxygen atoms in total. The van der Waals surface area contributed by atoms with Crippen LogP contribution in [0.15, 0.2) is 127 Å². The van der Waals surface area contributed by atoms with E-state index >= 15 is 9.59 Å². The van der Waals surface area contributed by atoms with Crippen LogP contribution in [0.3, 0.4) is 0 Å². The van der Waals surface area contributed by atoms with Crippen molar-refractivity contribution < 1.29 is 62.0 Å². The number of carbonyl (C=O) groups excluding carboxylic acids is 8. The first-order valence-corrected chi connectivity index (χ1v) is 25.4. The minimum atomic E-state index is -1.71. The Bertz CT molecular complexity index is 2940. The maximum absolute atomic E-state index is 15.0. The van der Waals surface area contributed by atoms with Gasteiger partial charge in [0, 0.05) is 46.8 Å². The number of amides is 7. The predicted molar refractivity (Wildman–Crippen MR) is 285 cm³/mol. The summed E-state index contributed by atoms with van der Waals surface area (Å²) in [4.78, 5) is 120. The van der Waals surface area contributed by atoms with E-state index in [1.165, 1.54) is 59.0 Å². The van der Waals surface area contributed by atoms with Gasteiger partial charge in [-0.15, -0.1) is 0 Å². The summed E-state index contributed by atoms with van der Waals surface area (Å²) in [5.41, 5.74) is 3.08. The number of methoxy groups -OCH3 is 2. The summed E-state index contributed by atoms with van der Waals surface area (Å²) in [6, 6.07) is 26.7. The van der Waals surface area contributed by atoms with Crippen LogP contribution in [0.5, 0.6) is 23.0 Å². The molecule has 5 aromatic carbocycles. The van der Waals surface area contributed by atoms with Gasteiger partial charge in [0.25, 0.3) is 0 Å². The number of likely N-dealkylation sites (N-methyl/N-ethyl adjacent to an activating group) is 3. The second-order valence-electron chi connectivity index (χ2n) is 19.2. The Morgan fingerprint density at radius 3 is 1.92 bits per heavy atom. The molecule has 1 saturated heterocycles. The number of nitrogens with one attached hydrogen (secondary N) is 4. The molecular weight excluding hydrogens is 1000 g/mol. The summed E-state index contributed by atoms with van der Waals surface area (Å²) in [6.45, 7) is 1.87. The van der Waals surface area contributed by atoms with E-state index in [0.717, 1.165) is 4.90 Å². The van der Waals surface area contributed by atoms with Crippen molar-refractivity contribution in [2.45, 2.75) is 88.4 Å². The molecule has 7 atom stereocenters. The first-order chi connectivity index (χ1) is 37.4. The Balaban J connectivity index is 1.26. The highest BCUT2D eigenvalue weighted by Crippen LogP contribution is 2.34.